The highest BCUT2D eigenvalue weighted by Gasteiger charge is 2.40. The van der Waals surface area contributed by atoms with Gasteiger partial charge >= 0.3 is 0 Å². The minimum absolute atomic E-state index is 0.00819. The molecule has 1 heterocycles. The number of Topliss-reactive ketones (excluding diaryl/α,β-unsaturated/α-hetero) is 1. The second-order valence-corrected chi connectivity index (χ2v) is 4.63. The Bertz CT molecular complexity index is 240. The van der Waals surface area contributed by atoms with Crippen molar-refractivity contribution in [2.24, 2.45) is 5.41 Å². The summed E-state index contributed by atoms with van der Waals surface area (Å²) >= 11 is 0. The first-order chi connectivity index (χ1) is 5.84. The van der Waals surface area contributed by atoms with Crippen LogP contribution in [0.5, 0.6) is 0 Å². The van der Waals surface area contributed by atoms with Gasteiger partial charge < -0.3 is 4.90 Å². The van der Waals surface area contributed by atoms with E-state index in [9.17, 15) is 9.59 Å². The number of hydrogen-bond donors (Lipinski definition) is 0. The lowest BCUT2D eigenvalue weighted by molar-refractivity contribution is -0.148. The molecule has 1 atom stereocenters. The number of hydrogen-bond acceptors (Lipinski definition) is 2. The molecular weight excluding hydrogens is 166 g/mol. The van der Waals surface area contributed by atoms with Crippen molar-refractivity contribution in [3.63, 3.8) is 0 Å². The molecule has 0 bridgehead atoms. The van der Waals surface area contributed by atoms with Crippen LogP contribution in [0.25, 0.3) is 0 Å². The monoisotopic (exact) mass is 183 g/mol. The van der Waals surface area contributed by atoms with Crippen molar-refractivity contribution in [1.29, 1.82) is 0 Å². The van der Waals surface area contributed by atoms with Crippen LogP contribution in [0.3, 0.4) is 0 Å². The van der Waals surface area contributed by atoms with Crippen LogP contribution in [0.4, 0.5) is 0 Å². The summed E-state index contributed by atoms with van der Waals surface area (Å²) in [5.74, 6) is 0.183. The average molecular weight is 183 g/mol. The number of carbonyl (C=O) groups excluding carboxylic acids is 2. The van der Waals surface area contributed by atoms with Gasteiger partial charge in [0.25, 0.3) is 0 Å². The van der Waals surface area contributed by atoms with Crippen molar-refractivity contribution in [2.75, 3.05) is 6.54 Å². The zero-order valence-electron chi connectivity index (χ0n) is 8.76. The molecule has 1 fully saturated rings. The average Bonchev–Trinajstić information content (AvgIpc) is 1.80. The van der Waals surface area contributed by atoms with Crippen LogP contribution < -0.4 is 0 Å². The number of carbonyl (C=O) groups is 2. The number of ketones is 1. The van der Waals surface area contributed by atoms with Gasteiger partial charge in [0.15, 0.2) is 5.78 Å². The molecule has 1 saturated heterocycles. The van der Waals surface area contributed by atoms with E-state index in [1.165, 1.54) is 6.92 Å². The summed E-state index contributed by atoms with van der Waals surface area (Å²) in [6, 6.07) is -0.155. The third kappa shape index (κ3) is 1.90. The SMILES string of the molecule is CC(=O)N1CCC1C(=O)C(C)(C)C. The van der Waals surface area contributed by atoms with E-state index in [0.717, 1.165) is 13.0 Å². The molecule has 0 aromatic carbocycles. The summed E-state index contributed by atoms with van der Waals surface area (Å²) in [6.45, 7) is 7.94. The Hall–Kier alpha value is -0.860. The highest BCUT2D eigenvalue weighted by atomic mass is 16.2. The molecular formula is C10H17NO2. The van der Waals surface area contributed by atoms with E-state index in [4.69, 9.17) is 0 Å². The van der Waals surface area contributed by atoms with Crippen LogP contribution in [0.15, 0.2) is 0 Å². The molecule has 0 radical (unpaired) electrons. The Morgan fingerprint density at radius 2 is 1.85 bits per heavy atom. The lowest BCUT2D eigenvalue weighted by atomic mass is 9.82. The quantitative estimate of drug-likeness (QED) is 0.613. The summed E-state index contributed by atoms with van der Waals surface area (Å²) in [6.07, 6.45) is 0.829. The first-order valence-electron chi connectivity index (χ1n) is 4.65. The highest BCUT2D eigenvalue weighted by molar-refractivity contribution is 5.93. The third-order valence-corrected chi connectivity index (χ3v) is 2.47. The van der Waals surface area contributed by atoms with E-state index in [0.29, 0.717) is 0 Å². The van der Waals surface area contributed by atoms with Crippen LogP contribution >= 0.6 is 0 Å². The molecule has 0 spiro atoms. The van der Waals surface area contributed by atoms with E-state index >= 15 is 0 Å². The Kier molecular flexibility index (Phi) is 2.46. The molecule has 1 aliphatic rings. The van der Waals surface area contributed by atoms with Crippen molar-refractivity contribution in [1.82, 2.24) is 4.90 Å². The van der Waals surface area contributed by atoms with E-state index in [2.05, 4.69) is 0 Å². The number of amides is 1. The minimum atomic E-state index is -0.335. The maximum Gasteiger partial charge on any atom is 0.220 e. The summed E-state index contributed by atoms with van der Waals surface area (Å²) in [7, 11) is 0. The van der Waals surface area contributed by atoms with Gasteiger partial charge in [0.1, 0.15) is 0 Å². The molecule has 13 heavy (non-hydrogen) atoms. The van der Waals surface area contributed by atoms with Crippen LogP contribution in [-0.4, -0.2) is 29.2 Å². The third-order valence-electron chi connectivity index (χ3n) is 2.47. The molecule has 1 amide bonds. The largest absolute Gasteiger partial charge is 0.333 e. The molecule has 1 rings (SSSR count). The Morgan fingerprint density at radius 3 is 2.08 bits per heavy atom. The van der Waals surface area contributed by atoms with Gasteiger partial charge in [-0.2, -0.15) is 0 Å². The first kappa shape index (κ1) is 10.2. The fourth-order valence-electron chi connectivity index (χ4n) is 1.54. The van der Waals surface area contributed by atoms with E-state index in [1.54, 1.807) is 4.90 Å². The molecule has 0 saturated carbocycles. The van der Waals surface area contributed by atoms with Crippen molar-refractivity contribution < 1.29 is 9.59 Å². The maximum absolute atomic E-state index is 11.8. The van der Waals surface area contributed by atoms with Gasteiger partial charge in [-0.15, -0.1) is 0 Å². The van der Waals surface area contributed by atoms with Crippen LogP contribution in [-0.2, 0) is 9.59 Å². The Morgan fingerprint density at radius 1 is 1.31 bits per heavy atom. The smallest absolute Gasteiger partial charge is 0.220 e. The lowest BCUT2D eigenvalue weighted by Crippen LogP contribution is -2.57. The van der Waals surface area contributed by atoms with Gasteiger partial charge in [-0.3, -0.25) is 9.59 Å². The van der Waals surface area contributed by atoms with Gasteiger partial charge in [-0.25, -0.2) is 0 Å². The van der Waals surface area contributed by atoms with Gasteiger partial charge in [-0.1, -0.05) is 20.8 Å². The summed E-state index contributed by atoms with van der Waals surface area (Å²) < 4.78 is 0. The van der Waals surface area contributed by atoms with Crippen molar-refractivity contribution >= 4 is 11.7 Å². The molecule has 1 unspecified atom stereocenters. The molecule has 0 aliphatic carbocycles. The van der Waals surface area contributed by atoms with Crippen molar-refractivity contribution in [3.05, 3.63) is 0 Å². The van der Waals surface area contributed by atoms with Crippen molar-refractivity contribution in [3.8, 4) is 0 Å². The lowest BCUT2D eigenvalue weighted by Gasteiger charge is -2.41. The second-order valence-electron chi connectivity index (χ2n) is 4.63. The fraction of sp³-hybridized carbons (Fsp3) is 0.800. The number of rotatable bonds is 1. The maximum atomic E-state index is 11.8. The van der Waals surface area contributed by atoms with Crippen LogP contribution in [0.1, 0.15) is 34.1 Å². The molecule has 0 N–H and O–H groups in total. The summed E-state index contributed by atoms with van der Waals surface area (Å²) in [5.41, 5.74) is -0.335. The zero-order chi connectivity index (χ0) is 10.2. The molecule has 1 aliphatic heterocycles. The van der Waals surface area contributed by atoms with Gasteiger partial charge in [0.2, 0.25) is 5.91 Å². The van der Waals surface area contributed by atoms with Gasteiger partial charge in [0.05, 0.1) is 6.04 Å². The van der Waals surface area contributed by atoms with Gasteiger partial charge in [-0.05, 0) is 6.42 Å². The van der Waals surface area contributed by atoms with Crippen LogP contribution in [0, 0.1) is 5.41 Å². The van der Waals surface area contributed by atoms with Gasteiger partial charge in [0, 0.05) is 18.9 Å². The number of likely N-dealkylation sites (tertiary alicyclic amines) is 1. The molecule has 0 aromatic heterocycles. The van der Waals surface area contributed by atoms with E-state index < -0.39 is 0 Å². The topological polar surface area (TPSA) is 37.4 Å². The fourth-order valence-corrected chi connectivity index (χ4v) is 1.54. The minimum Gasteiger partial charge on any atom is -0.333 e. The van der Waals surface area contributed by atoms with Crippen LogP contribution in [0.2, 0.25) is 0 Å². The molecule has 74 valence electrons. The predicted octanol–water partition coefficient (Wildman–Crippen LogP) is 1.22. The second kappa shape index (κ2) is 3.13. The summed E-state index contributed by atoms with van der Waals surface area (Å²) in [5, 5.41) is 0. The zero-order valence-corrected chi connectivity index (χ0v) is 8.76. The molecule has 3 heteroatoms. The Balaban J connectivity index is 2.65. The predicted molar refractivity (Wildman–Crippen MR) is 50.3 cm³/mol. The van der Waals surface area contributed by atoms with E-state index in [-0.39, 0.29) is 23.1 Å². The molecule has 0 aromatic rings. The number of nitrogens with zero attached hydrogens (tertiary/aromatic N) is 1. The normalized spacial score (nSPS) is 22.5. The standard InChI is InChI=1S/C10H17NO2/c1-7(12)11-6-5-8(11)9(13)10(2,3)4/h8H,5-6H2,1-4H3. The molecule has 3 nitrogen and oxygen atoms in total. The van der Waals surface area contributed by atoms with E-state index in [1.807, 2.05) is 20.8 Å². The Labute approximate surface area is 79.1 Å². The highest BCUT2D eigenvalue weighted by Crippen LogP contribution is 2.27. The van der Waals surface area contributed by atoms with Crippen molar-refractivity contribution in [2.45, 2.75) is 40.2 Å². The first-order valence-corrected chi connectivity index (χ1v) is 4.65. The summed E-state index contributed by atoms with van der Waals surface area (Å²) in [4.78, 5) is 24.5.